The summed E-state index contributed by atoms with van der Waals surface area (Å²) >= 11 is 0. The van der Waals surface area contributed by atoms with Crippen LogP contribution < -0.4 is 5.32 Å². The molecule has 2 heterocycles. The van der Waals surface area contributed by atoms with Crippen molar-refractivity contribution in [1.29, 1.82) is 0 Å². The van der Waals surface area contributed by atoms with Crippen LogP contribution in [-0.4, -0.2) is 42.2 Å². The highest BCUT2D eigenvalue weighted by Crippen LogP contribution is 2.26. The van der Waals surface area contributed by atoms with E-state index in [1.165, 1.54) is 5.56 Å². The second-order valence-electron chi connectivity index (χ2n) is 6.54. The molecule has 0 radical (unpaired) electrons. The molecule has 1 aliphatic heterocycles. The number of hydrogen-bond donors (Lipinski definition) is 1. The topological polar surface area (TPSA) is 81.1 Å². The van der Waals surface area contributed by atoms with E-state index >= 15 is 0 Å². The highest BCUT2D eigenvalue weighted by molar-refractivity contribution is 7.91. The molecule has 1 atom stereocenters. The van der Waals surface area contributed by atoms with Crippen molar-refractivity contribution in [2.24, 2.45) is 0 Å². The zero-order chi connectivity index (χ0) is 18.0. The minimum atomic E-state index is -2.99. The summed E-state index contributed by atoms with van der Waals surface area (Å²) in [5.74, 6) is 0.136. The van der Waals surface area contributed by atoms with E-state index in [4.69, 9.17) is 0 Å². The smallest absolute Gasteiger partial charge is 0.255 e. The Labute approximate surface area is 148 Å². The largest absolute Gasteiger partial charge is 0.352 e. The van der Waals surface area contributed by atoms with Crippen LogP contribution in [0.1, 0.15) is 39.8 Å². The molecule has 3 rings (SSSR count). The fourth-order valence-corrected chi connectivity index (χ4v) is 5.06. The van der Waals surface area contributed by atoms with Crippen LogP contribution in [-0.2, 0) is 16.3 Å². The van der Waals surface area contributed by atoms with E-state index < -0.39 is 9.84 Å². The quantitative estimate of drug-likeness (QED) is 0.881. The molecule has 1 aromatic heterocycles. The number of benzene rings is 1. The van der Waals surface area contributed by atoms with Gasteiger partial charge in [-0.05, 0) is 32.3 Å². The van der Waals surface area contributed by atoms with Gasteiger partial charge in [-0.25, -0.2) is 8.42 Å². The number of nitrogens with zero attached hydrogens (tertiary/aromatic N) is 2. The standard InChI is InChI=1S/C18H23N3O3S/c1-13-17(18(22)19-10-8-15-6-4-3-5-7-15)14(2)21(20-13)16-9-11-25(23,24)12-16/h3-7,16H,8-12H2,1-2H3,(H,19,22)/t16-/m0/s1. The minimum absolute atomic E-state index is 0.101. The van der Waals surface area contributed by atoms with Gasteiger partial charge in [0.1, 0.15) is 0 Å². The zero-order valence-corrected chi connectivity index (χ0v) is 15.3. The maximum absolute atomic E-state index is 12.5. The van der Waals surface area contributed by atoms with Crippen molar-refractivity contribution in [2.75, 3.05) is 18.1 Å². The van der Waals surface area contributed by atoms with E-state index in [0.29, 0.717) is 24.2 Å². The van der Waals surface area contributed by atoms with E-state index in [0.717, 1.165) is 12.1 Å². The fourth-order valence-electron chi connectivity index (χ4n) is 3.37. The molecule has 2 aromatic rings. The van der Waals surface area contributed by atoms with Crippen LogP contribution in [0.5, 0.6) is 0 Å². The molecular formula is C18H23N3O3S. The number of amides is 1. The van der Waals surface area contributed by atoms with Crippen LogP contribution in [0.3, 0.4) is 0 Å². The third kappa shape index (κ3) is 3.92. The Morgan fingerprint density at radius 1 is 1.28 bits per heavy atom. The summed E-state index contributed by atoms with van der Waals surface area (Å²) in [6, 6.07) is 9.81. The number of aromatic nitrogens is 2. The van der Waals surface area contributed by atoms with Crippen LogP contribution in [0.25, 0.3) is 0 Å². The number of hydrogen-bond acceptors (Lipinski definition) is 4. The zero-order valence-electron chi connectivity index (χ0n) is 14.5. The third-order valence-corrected chi connectivity index (χ3v) is 6.40. The number of carbonyl (C=O) groups is 1. The van der Waals surface area contributed by atoms with Crippen molar-refractivity contribution in [3.63, 3.8) is 0 Å². The molecular weight excluding hydrogens is 338 g/mol. The van der Waals surface area contributed by atoms with Crippen molar-refractivity contribution in [3.8, 4) is 0 Å². The molecule has 0 unspecified atom stereocenters. The van der Waals surface area contributed by atoms with Crippen LogP contribution in [0.4, 0.5) is 0 Å². The van der Waals surface area contributed by atoms with Gasteiger partial charge in [0.15, 0.2) is 9.84 Å². The molecule has 6 nitrogen and oxygen atoms in total. The van der Waals surface area contributed by atoms with Gasteiger partial charge in [-0.1, -0.05) is 30.3 Å². The Bertz CT molecular complexity index is 872. The van der Waals surface area contributed by atoms with E-state index in [1.807, 2.05) is 37.3 Å². The molecule has 1 saturated heterocycles. The normalized spacial score (nSPS) is 19.0. The maximum Gasteiger partial charge on any atom is 0.255 e. The molecule has 1 amide bonds. The monoisotopic (exact) mass is 361 g/mol. The summed E-state index contributed by atoms with van der Waals surface area (Å²) in [4.78, 5) is 12.5. The summed E-state index contributed by atoms with van der Waals surface area (Å²) in [6.07, 6.45) is 1.32. The van der Waals surface area contributed by atoms with E-state index in [9.17, 15) is 13.2 Å². The predicted octanol–water partition coefficient (Wildman–Crippen LogP) is 1.83. The molecule has 7 heteroatoms. The van der Waals surface area contributed by atoms with Gasteiger partial charge in [0, 0.05) is 12.2 Å². The molecule has 134 valence electrons. The van der Waals surface area contributed by atoms with Crippen molar-refractivity contribution >= 4 is 15.7 Å². The number of rotatable bonds is 5. The van der Waals surface area contributed by atoms with Crippen molar-refractivity contribution in [2.45, 2.75) is 32.7 Å². The van der Waals surface area contributed by atoms with Gasteiger partial charge in [-0.3, -0.25) is 9.48 Å². The van der Waals surface area contributed by atoms with Crippen LogP contribution >= 0.6 is 0 Å². The van der Waals surface area contributed by atoms with Crippen molar-refractivity contribution in [1.82, 2.24) is 15.1 Å². The lowest BCUT2D eigenvalue weighted by atomic mass is 10.1. The summed E-state index contributed by atoms with van der Waals surface area (Å²) < 4.78 is 25.1. The average Bonchev–Trinajstić information content (AvgIpc) is 3.07. The lowest BCUT2D eigenvalue weighted by Crippen LogP contribution is -2.27. The molecule has 0 spiro atoms. The Morgan fingerprint density at radius 2 is 2.00 bits per heavy atom. The number of sulfone groups is 1. The Kier molecular flexibility index (Phi) is 4.94. The van der Waals surface area contributed by atoms with Crippen molar-refractivity contribution in [3.05, 3.63) is 52.8 Å². The van der Waals surface area contributed by atoms with Gasteiger partial charge in [-0.2, -0.15) is 5.10 Å². The number of aryl methyl sites for hydroxylation is 1. The van der Waals surface area contributed by atoms with Gasteiger partial charge in [0.2, 0.25) is 0 Å². The first-order valence-electron chi connectivity index (χ1n) is 8.45. The molecule has 1 aromatic carbocycles. The number of nitrogens with one attached hydrogen (secondary N) is 1. The SMILES string of the molecule is Cc1nn([C@H]2CCS(=O)(=O)C2)c(C)c1C(=O)NCCc1ccccc1. The first-order chi connectivity index (χ1) is 11.9. The molecule has 0 aliphatic carbocycles. The second kappa shape index (κ2) is 7.00. The lowest BCUT2D eigenvalue weighted by Gasteiger charge is -2.11. The van der Waals surface area contributed by atoms with E-state index in [2.05, 4.69) is 10.4 Å². The molecule has 0 saturated carbocycles. The van der Waals surface area contributed by atoms with Crippen molar-refractivity contribution < 1.29 is 13.2 Å². The summed E-state index contributed by atoms with van der Waals surface area (Å²) in [5.41, 5.74) is 3.09. The molecule has 1 aliphatic rings. The van der Waals surface area contributed by atoms with Crippen LogP contribution in [0, 0.1) is 13.8 Å². The van der Waals surface area contributed by atoms with E-state index in [1.54, 1.807) is 11.6 Å². The van der Waals surface area contributed by atoms with Gasteiger partial charge < -0.3 is 5.32 Å². The van der Waals surface area contributed by atoms with Gasteiger partial charge in [-0.15, -0.1) is 0 Å². The molecule has 1 fully saturated rings. The Hall–Kier alpha value is -2.15. The average molecular weight is 361 g/mol. The summed E-state index contributed by atoms with van der Waals surface area (Å²) in [6.45, 7) is 4.17. The summed E-state index contributed by atoms with van der Waals surface area (Å²) in [7, 11) is -2.99. The molecule has 25 heavy (non-hydrogen) atoms. The van der Waals surface area contributed by atoms with Gasteiger partial charge in [0.05, 0.1) is 28.8 Å². The lowest BCUT2D eigenvalue weighted by molar-refractivity contribution is 0.0952. The maximum atomic E-state index is 12.5. The molecule has 1 N–H and O–H groups in total. The fraction of sp³-hybridized carbons (Fsp3) is 0.444. The second-order valence-corrected chi connectivity index (χ2v) is 8.77. The number of carbonyl (C=O) groups excluding carboxylic acids is 1. The van der Waals surface area contributed by atoms with Crippen LogP contribution in [0.2, 0.25) is 0 Å². The predicted molar refractivity (Wildman–Crippen MR) is 96.5 cm³/mol. The van der Waals surface area contributed by atoms with Gasteiger partial charge in [0.25, 0.3) is 5.91 Å². The highest BCUT2D eigenvalue weighted by Gasteiger charge is 2.32. The van der Waals surface area contributed by atoms with E-state index in [-0.39, 0.29) is 23.5 Å². The first-order valence-corrected chi connectivity index (χ1v) is 10.3. The Morgan fingerprint density at radius 3 is 2.64 bits per heavy atom. The third-order valence-electron chi connectivity index (χ3n) is 4.65. The summed E-state index contributed by atoms with van der Waals surface area (Å²) in [5, 5.41) is 7.38. The molecule has 0 bridgehead atoms. The minimum Gasteiger partial charge on any atom is -0.352 e. The van der Waals surface area contributed by atoms with Gasteiger partial charge >= 0.3 is 0 Å². The van der Waals surface area contributed by atoms with Crippen LogP contribution in [0.15, 0.2) is 30.3 Å². The Balaban J connectivity index is 1.68. The first kappa shape index (κ1) is 17.7. The highest BCUT2D eigenvalue weighted by atomic mass is 32.2.